The summed E-state index contributed by atoms with van der Waals surface area (Å²) < 4.78 is 24.7. The summed E-state index contributed by atoms with van der Waals surface area (Å²) in [5, 5.41) is 11.4. The predicted octanol–water partition coefficient (Wildman–Crippen LogP) is 1.01. The molecular weight excluding hydrogens is 317 g/mol. The lowest BCUT2D eigenvalue weighted by Crippen LogP contribution is -2.75. The number of hydrogen-bond acceptors (Lipinski definition) is 6. The third-order valence-corrected chi connectivity index (χ3v) is 4.93. The number of carbonyl (C=O) groups excluding carboxylic acids is 2. The first kappa shape index (κ1) is 16.9. The van der Waals surface area contributed by atoms with Gasteiger partial charge in [0.1, 0.15) is 11.4 Å². The predicted molar refractivity (Wildman–Crippen MR) is 81.3 cm³/mol. The van der Waals surface area contributed by atoms with Gasteiger partial charge in [0, 0.05) is 6.42 Å². The number of ether oxygens (including phenoxy) is 2. The lowest BCUT2D eigenvalue weighted by Gasteiger charge is -2.56. The van der Waals surface area contributed by atoms with Gasteiger partial charge in [-0.05, 0) is 45.0 Å². The molecule has 7 heteroatoms. The summed E-state index contributed by atoms with van der Waals surface area (Å²) in [6.07, 6.45) is 0.454. The van der Waals surface area contributed by atoms with Crippen molar-refractivity contribution in [2.45, 2.75) is 43.1 Å². The van der Waals surface area contributed by atoms with Crippen LogP contribution in [0.4, 0.5) is 4.39 Å². The third-order valence-electron chi connectivity index (χ3n) is 4.93. The number of likely N-dealkylation sites (N-methyl/N-ethyl adjacent to an activating group) is 1. The van der Waals surface area contributed by atoms with Crippen LogP contribution in [0.5, 0.6) is 0 Å². The Kier molecular flexibility index (Phi) is 4.09. The Labute approximate surface area is 139 Å². The minimum absolute atomic E-state index is 0.0564. The highest BCUT2D eigenvalue weighted by Gasteiger charge is 2.66. The summed E-state index contributed by atoms with van der Waals surface area (Å²) >= 11 is 0. The molecule has 1 aromatic carbocycles. The van der Waals surface area contributed by atoms with Crippen LogP contribution in [0, 0.1) is 5.82 Å². The fraction of sp³-hybridized carbons (Fsp3) is 0.529. The molecule has 2 fully saturated rings. The molecule has 1 saturated heterocycles. The number of benzene rings is 1. The summed E-state index contributed by atoms with van der Waals surface area (Å²) in [5.74, 6) is -2.65. The standard InChI is InChI=1S/C17H20FNO5/c1-19(2)17-13(23-14(20)15(21)24-17)8-5-9-16(17,22)10-11-6-3-4-7-12(11)18/h3-4,6-7,13,22H,5,8-10H2,1-2H3. The van der Waals surface area contributed by atoms with Crippen LogP contribution >= 0.6 is 0 Å². The molecule has 1 aromatic rings. The van der Waals surface area contributed by atoms with Crippen molar-refractivity contribution < 1.29 is 28.6 Å². The van der Waals surface area contributed by atoms with Crippen molar-refractivity contribution >= 4 is 11.9 Å². The molecule has 0 aromatic heterocycles. The molecule has 1 aliphatic carbocycles. The summed E-state index contributed by atoms with van der Waals surface area (Å²) in [4.78, 5) is 25.0. The van der Waals surface area contributed by atoms with Gasteiger partial charge < -0.3 is 14.6 Å². The molecule has 1 heterocycles. The number of aliphatic hydroxyl groups is 1. The SMILES string of the molecule is CN(C)C12OC(=O)C(=O)OC1CCCC2(O)Cc1ccccc1F. The van der Waals surface area contributed by atoms with E-state index < -0.39 is 35.2 Å². The van der Waals surface area contributed by atoms with E-state index >= 15 is 0 Å². The second-order valence-electron chi connectivity index (χ2n) is 6.57. The largest absolute Gasteiger partial charge is 0.448 e. The van der Waals surface area contributed by atoms with Crippen LogP contribution in [-0.4, -0.2) is 53.5 Å². The van der Waals surface area contributed by atoms with Gasteiger partial charge in [-0.15, -0.1) is 0 Å². The van der Waals surface area contributed by atoms with Gasteiger partial charge in [0.2, 0.25) is 5.72 Å². The maximum atomic E-state index is 14.1. The van der Waals surface area contributed by atoms with Gasteiger partial charge in [0.15, 0.2) is 6.10 Å². The first-order chi connectivity index (χ1) is 11.3. The van der Waals surface area contributed by atoms with Crippen LogP contribution in [0.25, 0.3) is 0 Å². The van der Waals surface area contributed by atoms with Crippen molar-refractivity contribution in [1.82, 2.24) is 4.90 Å². The van der Waals surface area contributed by atoms with E-state index in [1.165, 1.54) is 6.07 Å². The maximum Gasteiger partial charge on any atom is 0.419 e. The molecule has 3 atom stereocenters. The van der Waals surface area contributed by atoms with Crippen molar-refractivity contribution in [3.63, 3.8) is 0 Å². The zero-order chi connectivity index (χ0) is 17.5. The lowest BCUT2D eigenvalue weighted by atomic mass is 9.70. The fourth-order valence-electron chi connectivity index (χ4n) is 3.88. The normalized spacial score (nSPS) is 33.0. The zero-order valence-electron chi connectivity index (χ0n) is 13.6. The van der Waals surface area contributed by atoms with Crippen LogP contribution in [0.1, 0.15) is 24.8 Å². The molecule has 2 aliphatic rings. The van der Waals surface area contributed by atoms with Gasteiger partial charge in [-0.25, -0.2) is 14.0 Å². The second kappa shape index (κ2) is 5.82. The van der Waals surface area contributed by atoms with Crippen molar-refractivity contribution in [2.75, 3.05) is 14.1 Å². The minimum atomic E-state index is -1.59. The van der Waals surface area contributed by atoms with Gasteiger partial charge in [0.25, 0.3) is 0 Å². The highest BCUT2D eigenvalue weighted by atomic mass is 19.1. The zero-order valence-corrected chi connectivity index (χ0v) is 13.6. The molecule has 3 unspecified atom stereocenters. The molecule has 0 bridgehead atoms. The lowest BCUT2D eigenvalue weighted by molar-refractivity contribution is -0.309. The molecule has 3 rings (SSSR count). The van der Waals surface area contributed by atoms with Crippen LogP contribution in [0.2, 0.25) is 0 Å². The molecule has 130 valence electrons. The molecule has 0 amide bonds. The van der Waals surface area contributed by atoms with Crippen LogP contribution in [0.3, 0.4) is 0 Å². The first-order valence-electron chi connectivity index (χ1n) is 7.87. The van der Waals surface area contributed by atoms with Crippen molar-refractivity contribution in [1.29, 1.82) is 0 Å². The van der Waals surface area contributed by atoms with Gasteiger partial charge >= 0.3 is 11.9 Å². The Morgan fingerprint density at radius 1 is 1.29 bits per heavy atom. The number of esters is 2. The number of halogens is 1. The van der Waals surface area contributed by atoms with Gasteiger partial charge in [-0.2, -0.15) is 0 Å². The van der Waals surface area contributed by atoms with Crippen LogP contribution in [0.15, 0.2) is 24.3 Å². The summed E-state index contributed by atoms with van der Waals surface area (Å²) in [6, 6.07) is 6.14. The quantitative estimate of drug-likeness (QED) is 0.655. The second-order valence-corrected chi connectivity index (χ2v) is 6.57. The van der Waals surface area contributed by atoms with E-state index in [4.69, 9.17) is 9.47 Å². The molecular formula is C17H20FNO5. The van der Waals surface area contributed by atoms with Gasteiger partial charge in [0.05, 0.1) is 0 Å². The summed E-state index contributed by atoms with van der Waals surface area (Å²) in [5.41, 5.74) is -2.81. The van der Waals surface area contributed by atoms with E-state index in [1.807, 2.05) is 0 Å². The Morgan fingerprint density at radius 3 is 2.67 bits per heavy atom. The van der Waals surface area contributed by atoms with Crippen molar-refractivity contribution in [2.24, 2.45) is 0 Å². The third kappa shape index (κ3) is 2.39. The smallest absolute Gasteiger partial charge is 0.419 e. The van der Waals surface area contributed by atoms with E-state index in [0.717, 1.165) is 0 Å². The Hall–Kier alpha value is -1.99. The number of carbonyl (C=O) groups is 2. The molecule has 0 spiro atoms. The molecule has 6 nitrogen and oxygen atoms in total. The highest BCUT2D eigenvalue weighted by Crippen LogP contribution is 2.47. The molecule has 1 N–H and O–H groups in total. The van der Waals surface area contributed by atoms with Crippen LogP contribution < -0.4 is 0 Å². The van der Waals surface area contributed by atoms with Crippen molar-refractivity contribution in [3.8, 4) is 0 Å². The Balaban J connectivity index is 2.05. The summed E-state index contributed by atoms with van der Waals surface area (Å²) in [6.45, 7) is 0. The molecule has 24 heavy (non-hydrogen) atoms. The molecule has 1 saturated carbocycles. The monoisotopic (exact) mass is 337 g/mol. The number of nitrogens with zero attached hydrogens (tertiary/aromatic N) is 1. The average molecular weight is 337 g/mol. The highest BCUT2D eigenvalue weighted by molar-refractivity contribution is 6.30. The van der Waals surface area contributed by atoms with Crippen LogP contribution in [-0.2, 0) is 25.5 Å². The maximum absolute atomic E-state index is 14.1. The van der Waals surface area contributed by atoms with E-state index in [1.54, 1.807) is 37.2 Å². The first-order valence-corrected chi connectivity index (χ1v) is 7.87. The van der Waals surface area contributed by atoms with Crippen molar-refractivity contribution in [3.05, 3.63) is 35.6 Å². The average Bonchev–Trinajstić information content (AvgIpc) is 2.52. The Bertz CT molecular complexity index is 679. The number of fused-ring (bicyclic) bond motifs is 1. The van der Waals surface area contributed by atoms with Gasteiger partial charge in [-0.3, -0.25) is 4.90 Å². The Morgan fingerprint density at radius 2 is 2.00 bits per heavy atom. The fourth-order valence-corrected chi connectivity index (χ4v) is 3.88. The molecule has 1 aliphatic heterocycles. The van der Waals surface area contributed by atoms with Gasteiger partial charge in [-0.1, -0.05) is 18.2 Å². The van der Waals surface area contributed by atoms with E-state index in [2.05, 4.69) is 0 Å². The van der Waals surface area contributed by atoms with E-state index in [-0.39, 0.29) is 6.42 Å². The van der Waals surface area contributed by atoms with E-state index in [0.29, 0.717) is 24.8 Å². The molecule has 0 radical (unpaired) electrons. The minimum Gasteiger partial charge on any atom is -0.448 e. The topological polar surface area (TPSA) is 76.1 Å². The summed E-state index contributed by atoms with van der Waals surface area (Å²) in [7, 11) is 3.27. The number of rotatable bonds is 3. The van der Waals surface area contributed by atoms with E-state index in [9.17, 15) is 19.1 Å². The number of hydrogen-bond donors (Lipinski definition) is 1.